The maximum absolute atomic E-state index is 12.4. The number of carbonyl (C=O) groups is 1. The molecule has 21 heavy (non-hydrogen) atoms. The van der Waals surface area contributed by atoms with E-state index in [9.17, 15) is 4.79 Å². The van der Waals surface area contributed by atoms with Gasteiger partial charge in [-0.1, -0.05) is 18.2 Å². The maximum Gasteiger partial charge on any atom is 0.180 e. The molecule has 0 bridgehead atoms. The van der Waals surface area contributed by atoms with Gasteiger partial charge in [0.2, 0.25) is 0 Å². The van der Waals surface area contributed by atoms with Crippen LogP contribution in [-0.2, 0) is 4.74 Å². The molecule has 0 N–H and O–H groups in total. The highest BCUT2D eigenvalue weighted by atomic mass is 16.5. The number of furan rings is 1. The molecule has 112 valence electrons. The maximum atomic E-state index is 12.4. The number of hydrogen-bond acceptors (Lipinski definition) is 4. The first kappa shape index (κ1) is 14.3. The second kappa shape index (κ2) is 6.41. The molecule has 2 aromatic rings. The fourth-order valence-electron chi connectivity index (χ4n) is 2.89. The van der Waals surface area contributed by atoms with Gasteiger partial charge in [0.05, 0.1) is 18.2 Å². The summed E-state index contributed by atoms with van der Waals surface area (Å²) in [5.41, 5.74) is 1.43. The summed E-state index contributed by atoms with van der Waals surface area (Å²) >= 11 is 0. The van der Waals surface area contributed by atoms with E-state index >= 15 is 0 Å². The lowest BCUT2D eigenvalue weighted by atomic mass is 10.1. The van der Waals surface area contributed by atoms with Crippen LogP contribution in [0.2, 0.25) is 0 Å². The third kappa shape index (κ3) is 3.34. The van der Waals surface area contributed by atoms with Gasteiger partial charge in [-0.15, -0.1) is 0 Å². The molecule has 4 nitrogen and oxygen atoms in total. The monoisotopic (exact) mass is 287 g/mol. The zero-order valence-electron chi connectivity index (χ0n) is 12.4. The third-order valence-corrected chi connectivity index (χ3v) is 3.98. The van der Waals surface area contributed by atoms with Crippen molar-refractivity contribution in [3.63, 3.8) is 0 Å². The van der Waals surface area contributed by atoms with Crippen molar-refractivity contribution in [1.29, 1.82) is 0 Å². The molecule has 1 saturated heterocycles. The SMILES string of the molecule is CN(CC(=O)c1coc2ccccc12)CC1CCCCO1. The Balaban J connectivity index is 1.62. The fraction of sp³-hybridized carbons (Fsp3) is 0.471. The van der Waals surface area contributed by atoms with Gasteiger partial charge in [0.15, 0.2) is 5.78 Å². The first-order chi connectivity index (χ1) is 10.2. The largest absolute Gasteiger partial charge is 0.464 e. The Morgan fingerprint density at radius 1 is 1.33 bits per heavy atom. The van der Waals surface area contributed by atoms with Crippen LogP contribution in [0.5, 0.6) is 0 Å². The summed E-state index contributed by atoms with van der Waals surface area (Å²) in [6, 6.07) is 7.64. The number of para-hydroxylation sites is 1. The van der Waals surface area contributed by atoms with Gasteiger partial charge >= 0.3 is 0 Å². The van der Waals surface area contributed by atoms with E-state index in [0.717, 1.165) is 37.0 Å². The number of fused-ring (bicyclic) bond motifs is 1. The summed E-state index contributed by atoms with van der Waals surface area (Å²) in [4.78, 5) is 14.5. The van der Waals surface area contributed by atoms with Crippen LogP contribution in [0, 0.1) is 0 Å². The number of hydrogen-bond donors (Lipinski definition) is 0. The number of rotatable bonds is 5. The molecule has 2 heterocycles. The Morgan fingerprint density at radius 2 is 2.19 bits per heavy atom. The predicted octanol–water partition coefficient (Wildman–Crippen LogP) is 3.12. The number of benzene rings is 1. The van der Waals surface area contributed by atoms with E-state index < -0.39 is 0 Å². The van der Waals surface area contributed by atoms with Gasteiger partial charge < -0.3 is 9.15 Å². The Morgan fingerprint density at radius 3 is 3.00 bits per heavy atom. The smallest absolute Gasteiger partial charge is 0.180 e. The molecule has 1 atom stereocenters. The van der Waals surface area contributed by atoms with Crippen molar-refractivity contribution in [3.8, 4) is 0 Å². The minimum Gasteiger partial charge on any atom is -0.464 e. The molecule has 0 aliphatic carbocycles. The van der Waals surface area contributed by atoms with Crippen molar-refractivity contribution < 1.29 is 13.9 Å². The van der Waals surface area contributed by atoms with Gasteiger partial charge in [-0.3, -0.25) is 9.69 Å². The minimum absolute atomic E-state index is 0.0956. The Hall–Kier alpha value is -1.65. The summed E-state index contributed by atoms with van der Waals surface area (Å²) in [5, 5.41) is 0.893. The molecule has 1 unspecified atom stereocenters. The van der Waals surface area contributed by atoms with Crippen LogP contribution < -0.4 is 0 Å². The van der Waals surface area contributed by atoms with Crippen LogP contribution in [-0.4, -0.2) is 43.5 Å². The summed E-state index contributed by atoms with van der Waals surface area (Å²) in [6.07, 6.45) is 5.29. The summed E-state index contributed by atoms with van der Waals surface area (Å²) in [7, 11) is 1.97. The third-order valence-electron chi connectivity index (χ3n) is 3.98. The molecule has 1 aliphatic heterocycles. The van der Waals surface area contributed by atoms with Crippen LogP contribution in [0.15, 0.2) is 34.9 Å². The Kier molecular flexibility index (Phi) is 4.36. The number of ketones is 1. The first-order valence-electron chi connectivity index (χ1n) is 7.53. The lowest BCUT2D eigenvalue weighted by Gasteiger charge is -2.26. The van der Waals surface area contributed by atoms with Crippen LogP contribution in [0.25, 0.3) is 11.0 Å². The van der Waals surface area contributed by atoms with Crippen LogP contribution >= 0.6 is 0 Å². The van der Waals surface area contributed by atoms with Gasteiger partial charge in [0, 0.05) is 18.5 Å². The van der Waals surface area contributed by atoms with E-state index in [1.165, 1.54) is 6.42 Å². The second-order valence-corrected chi connectivity index (χ2v) is 5.75. The van der Waals surface area contributed by atoms with Crippen molar-refractivity contribution in [2.45, 2.75) is 25.4 Å². The fourth-order valence-corrected chi connectivity index (χ4v) is 2.89. The number of nitrogens with zero attached hydrogens (tertiary/aromatic N) is 1. The van der Waals surface area contributed by atoms with E-state index in [-0.39, 0.29) is 11.9 Å². The molecule has 0 amide bonds. The van der Waals surface area contributed by atoms with Crippen LogP contribution in [0.4, 0.5) is 0 Å². The van der Waals surface area contributed by atoms with Crippen molar-refractivity contribution in [1.82, 2.24) is 4.90 Å². The van der Waals surface area contributed by atoms with E-state index in [1.54, 1.807) is 6.26 Å². The van der Waals surface area contributed by atoms with E-state index in [2.05, 4.69) is 0 Å². The van der Waals surface area contributed by atoms with Crippen molar-refractivity contribution in [2.75, 3.05) is 26.7 Å². The molecular formula is C17H21NO3. The Bertz CT molecular complexity index is 613. The molecule has 4 heteroatoms. The van der Waals surface area contributed by atoms with E-state index in [4.69, 9.17) is 9.15 Å². The number of likely N-dealkylation sites (N-methyl/N-ethyl adjacent to an activating group) is 1. The van der Waals surface area contributed by atoms with Crippen LogP contribution in [0.3, 0.4) is 0 Å². The highest BCUT2D eigenvalue weighted by Gasteiger charge is 2.19. The molecule has 0 saturated carbocycles. The molecule has 1 aliphatic rings. The molecule has 3 rings (SSSR count). The summed E-state index contributed by atoms with van der Waals surface area (Å²) in [5.74, 6) is 0.0956. The first-order valence-corrected chi connectivity index (χ1v) is 7.53. The lowest BCUT2D eigenvalue weighted by molar-refractivity contribution is -0.000663. The highest BCUT2D eigenvalue weighted by molar-refractivity contribution is 6.08. The quantitative estimate of drug-likeness (QED) is 0.792. The number of carbonyl (C=O) groups excluding carboxylic acids is 1. The average molecular weight is 287 g/mol. The molecule has 0 radical (unpaired) electrons. The highest BCUT2D eigenvalue weighted by Crippen LogP contribution is 2.21. The standard InChI is InChI=1S/C17H21NO3/c1-18(10-13-6-4-5-9-20-13)11-16(19)15-12-21-17-8-3-2-7-14(15)17/h2-3,7-8,12-13H,4-6,9-11H2,1H3. The van der Waals surface area contributed by atoms with Crippen molar-refractivity contribution >= 4 is 16.8 Å². The van der Waals surface area contributed by atoms with Crippen molar-refractivity contribution in [3.05, 3.63) is 36.1 Å². The summed E-state index contributed by atoms with van der Waals surface area (Å²) in [6.45, 7) is 2.05. The Labute approximate surface area is 124 Å². The zero-order chi connectivity index (χ0) is 14.7. The zero-order valence-corrected chi connectivity index (χ0v) is 12.4. The van der Waals surface area contributed by atoms with Crippen molar-refractivity contribution in [2.24, 2.45) is 0 Å². The number of ether oxygens (including phenoxy) is 1. The molecular weight excluding hydrogens is 266 g/mol. The molecule has 1 aromatic carbocycles. The predicted molar refractivity (Wildman–Crippen MR) is 81.6 cm³/mol. The van der Waals surface area contributed by atoms with Crippen LogP contribution in [0.1, 0.15) is 29.6 Å². The summed E-state index contributed by atoms with van der Waals surface area (Å²) < 4.78 is 11.2. The minimum atomic E-state index is 0.0956. The topological polar surface area (TPSA) is 42.7 Å². The van der Waals surface area contributed by atoms with E-state index in [1.807, 2.05) is 36.2 Å². The van der Waals surface area contributed by atoms with Gasteiger partial charge in [0.25, 0.3) is 0 Å². The lowest BCUT2D eigenvalue weighted by Crippen LogP contribution is -2.36. The second-order valence-electron chi connectivity index (χ2n) is 5.75. The molecule has 0 spiro atoms. The van der Waals surface area contributed by atoms with Gasteiger partial charge in [-0.25, -0.2) is 0 Å². The average Bonchev–Trinajstić information content (AvgIpc) is 2.92. The molecule has 1 fully saturated rings. The van der Waals surface area contributed by atoms with Gasteiger partial charge in [-0.05, 0) is 32.4 Å². The molecule has 1 aromatic heterocycles. The van der Waals surface area contributed by atoms with Gasteiger partial charge in [0.1, 0.15) is 11.8 Å². The van der Waals surface area contributed by atoms with Gasteiger partial charge in [-0.2, -0.15) is 0 Å². The van der Waals surface area contributed by atoms with E-state index in [0.29, 0.717) is 12.1 Å². The normalized spacial score (nSPS) is 19.2. The number of Topliss-reactive ketones (excluding diaryl/α,β-unsaturated/α-hetero) is 1.